The Balaban J connectivity index is 0.00000220. The van der Waals surface area contributed by atoms with Crippen LogP contribution in [0.4, 0.5) is 0 Å². The van der Waals surface area contributed by atoms with Crippen molar-refractivity contribution in [1.82, 2.24) is 9.80 Å². The van der Waals surface area contributed by atoms with E-state index in [-0.39, 0.29) is 36.3 Å². The highest BCUT2D eigenvalue weighted by Crippen LogP contribution is 2.27. The van der Waals surface area contributed by atoms with Gasteiger partial charge in [0.05, 0.1) is 0 Å². The van der Waals surface area contributed by atoms with Crippen LogP contribution < -0.4 is 5.73 Å². The fraction of sp³-hybridized carbons (Fsp3) is 0.867. The van der Waals surface area contributed by atoms with Crippen LogP contribution in [0.25, 0.3) is 0 Å². The first-order valence-electron chi connectivity index (χ1n) is 7.88. The molecule has 2 rings (SSSR count). The molecule has 0 aromatic carbocycles. The molecule has 21 heavy (non-hydrogen) atoms. The molecular formula is C15H28ClN3O2. The molecule has 0 saturated carbocycles. The third kappa shape index (κ3) is 3.89. The zero-order chi connectivity index (χ0) is 14.7. The van der Waals surface area contributed by atoms with Crippen molar-refractivity contribution in [3.05, 3.63) is 0 Å². The lowest BCUT2D eigenvalue weighted by molar-refractivity contribution is -0.148. The van der Waals surface area contributed by atoms with E-state index in [4.69, 9.17) is 5.73 Å². The van der Waals surface area contributed by atoms with E-state index in [9.17, 15) is 9.59 Å². The van der Waals surface area contributed by atoms with Crippen molar-refractivity contribution in [3.63, 3.8) is 0 Å². The minimum absolute atomic E-state index is 0. The number of nitrogens with zero attached hydrogens (tertiary/aromatic N) is 2. The second-order valence-corrected chi connectivity index (χ2v) is 6.13. The minimum atomic E-state index is -0.241. The molecule has 0 radical (unpaired) electrons. The maximum absolute atomic E-state index is 12.8. The van der Waals surface area contributed by atoms with Crippen LogP contribution in [0.1, 0.15) is 46.0 Å². The van der Waals surface area contributed by atoms with Crippen LogP contribution in [0.5, 0.6) is 0 Å². The Morgan fingerprint density at radius 2 is 1.95 bits per heavy atom. The third-order valence-corrected chi connectivity index (χ3v) is 4.69. The van der Waals surface area contributed by atoms with Gasteiger partial charge in [0, 0.05) is 25.6 Å². The molecule has 0 aromatic rings. The van der Waals surface area contributed by atoms with Crippen LogP contribution in [0.3, 0.4) is 0 Å². The van der Waals surface area contributed by atoms with Crippen LogP contribution in [0.2, 0.25) is 0 Å². The predicted molar refractivity (Wildman–Crippen MR) is 85.2 cm³/mol. The average Bonchev–Trinajstić information content (AvgIpc) is 2.86. The number of carbonyl (C=O) groups excluding carboxylic acids is 2. The molecule has 0 spiro atoms. The van der Waals surface area contributed by atoms with E-state index in [0.717, 1.165) is 38.8 Å². The standard InChI is InChI=1S/C15H27N3O2.ClH/c1-3-14(19)17-7-5-4-6-13(17)15(20)18-10-12(9-16)8-11(18)2;/h11-13H,3-10,16H2,1-2H3;1H. The Hall–Kier alpha value is -0.810. The van der Waals surface area contributed by atoms with Crippen LogP contribution in [0, 0.1) is 5.92 Å². The van der Waals surface area contributed by atoms with E-state index in [2.05, 4.69) is 6.92 Å². The summed E-state index contributed by atoms with van der Waals surface area (Å²) in [6.45, 7) is 6.06. The topological polar surface area (TPSA) is 66.6 Å². The first-order valence-corrected chi connectivity index (χ1v) is 7.88. The van der Waals surface area contributed by atoms with Gasteiger partial charge in [0.25, 0.3) is 0 Å². The number of halogens is 1. The van der Waals surface area contributed by atoms with Crippen LogP contribution in [0.15, 0.2) is 0 Å². The number of hydrogen-bond acceptors (Lipinski definition) is 3. The number of amides is 2. The van der Waals surface area contributed by atoms with Crippen molar-refractivity contribution in [2.24, 2.45) is 11.7 Å². The van der Waals surface area contributed by atoms with Crippen molar-refractivity contribution in [1.29, 1.82) is 0 Å². The highest BCUT2D eigenvalue weighted by molar-refractivity contribution is 5.88. The monoisotopic (exact) mass is 317 g/mol. The summed E-state index contributed by atoms with van der Waals surface area (Å²) in [6, 6.07) is 0.00623. The van der Waals surface area contributed by atoms with Gasteiger partial charge in [-0.2, -0.15) is 0 Å². The first kappa shape index (κ1) is 18.2. The third-order valence-electron chi connectivity index (χ3n) is 4.69. The second kappa shape index (κ2) is 7.99. The van der Waals surface area contributed by atoms with E-state index in [1.54, 1.807) is 4.90 Å². The number of carbonyl (C=O) groups is 2. The van der Waals surface area contributed by atoms with Crippen molar-refractivity contribution < 1.29 is 9.59 Å². The van der Waals surface area contributed by atoms with E-state index in [0.29, 0.717) is 18.9 Å². The van der Waals surface area contributed by atoms with E-state index in [1.165, 1.54) is 0 Å². The lowest BCUT2D eigenvalue weighted by atomic mass is 10.00. The maximum atomic E-state index is 12.8. The number of hydrogen-bond donors (Lipinski definition) is 1. The Bertz CT molecular complexity index is 378. The van der Waals surface area contributed by atoms with Gasteiger partial charge in [-0.15, -0.1) is 12.4 Å². The molecule has 2 aliphatic heterocycles. The van der Waals surface area contributed by atoms with Crippen LogP contribution in [-0.4, -0.2) is 53.3 Å². The molecule has 3 unspecified atom stereocenters. The largest absolute Gasteiger partial charge is 0.338 e. The van der Waals surface area contributed by atoms with Crippen molar-refractivity contribution >= 4 is 24.2 Å². The van der Waals surface area contributed by atoms with Crippen molar-refractivity contribution in [3.8, 4) is 0 Å². The number of likely N-dealkylation sites (tertiary alicyclic amines) is 2. The van der Waals surface area contributed by atoms with Gasteiger partial charge in [0.1, 0.15) is 6.04 Å². The molecule has 2 heterocycles. The zero-order valence-electron chi connectivity index (χ0n) is 13.1. The molecule has 5 nitrogen and oxygen atoms in total. The van der Waals surface area contributed by atoms with Crippen molar-refractivity contribution in [2.45, 2.75) is 58.0 Å². The van der Waals surface area contributed by atoms with Gasteiger partial charge >= 0.3 is 0 Å². The normalized spacial score (nSPS) is 29.2. The van der Waals surface area contributed by atoms with Crippen molar-refractivity contribution in [2.75, 3.05) is 19.6 Å². The zero-order valence-corrected chi connectivity index (χ0v) is 13.9. The summed E-state index contributed by atoms with van der Waals surface area (Å²) in [5.41, 5.74) is 5.73. The predicted octanol–water partition coefficient (Wildman–Crippen LogP) is 1.40. The molecule has 2 aliphatic rings. The van der Waals surface area contributed by atoms with Gasteiger partial charge in [-0.1, -0.05) is 6.92 Å². The van der Waals surface area contributed by atoms with E-state index >= 15 is 0 Å². The minimum Gasteiger partial charge on any atom is -0.338 e. The summed E-state index contributed by atoms with van der Waals surface area (Å²) in [4.78, 5) is 28.6. The molecule has 2 N–H and O–H groups in total. The Morgan fingerprint density at radius 3 is 2.52 bits per heavy atom. The summed E-state index contributed by atoms with van der Waals surface area (Å²) in [6.07, 6.45) is 4.31. The fourth-order valence-electron chi connectivity index (χ4n) is 3.50. The van der Waals surface area contributed by atoms with E-state index < -0.39 is 0 Å². The Morgan fingerprint density at radius 1 is 1.24 bits per heavy atom. The first-order chi connectivity index (χ1) is 9.58. The summed E-state index contributed by atoms with van der Waals surface area (Å²) >= 11 is 0. The molecular weight excluding hydrogens is 290 g/mol. The maximum Gasteiger partial charge on any atom is 0.245 e. The SMILES string of the molecule is CCC(=O)N1CCCCC1C(=O)N1CC(CN)CC1C.Cl. The molecule has 0 aromatic heterocycles. The van der Waals surface area contributed by atoms with Gasteiger partial charge in [0.2, 0.25) is 11.8 Å². The highest BCUT2D eigenvalue weighted by Gasteiger charge is 2.39. The van der Waals surface area contributed by atoms with E-state index in [1.807, 2.05) is 11.8 Å². The summed E-state index contributed by atoms with van der Waals surface area (Å²) in [5, 5.41) is 0. The molecule has 6 heteroatoms. The van der Waals surface area contributed by atoms with Gasteiger partial charge in [0.15, 0.2) is 0 Å². The van der Waals surface area contributed by atoms with Crippen LogP contribution >= 0.6 is 12.4 Å². The molecule has 0 aliphatic carbocycles. The van der Waals surface area contributed by atoms with Gasteiger partial charge < -0.3 is 15.5 Å². The van der Waals surface area contributed by atoms with Crippen LogP contribution in [-0.2, 0) is 9.59 Å². The summed E-state index contributed by atoms with van der Waals surface area (Å²) in [7, 11) is 0. The fourth-order valence-corrected chi connectivity index (χ4v) is 3.50. The smallest absolute Gasteiger partial charge is 0.245 e. The lowest BCUT2D eigenvalue weighted by Crippen LogP contribution is -2.53. The molecule has 0 bridgehead atoms. The Kier molecular flexibility index (Phi) is 6.94. The Labute approximate surface area is 133 Å². The summed E-state index contributed by atoms with van der Waals surface area (Å²) < 4.78 is 0. The van der Waals surface area contributed by atoms with Gasteiger partial charge in [-0.05, 0) is 45.1 Å². The average molecular weight is 318 g/mol. The summed E-state index contributed by atoms with van der Waals surface area (Å²) in [5.74, 6) is 0.646. The molecule has 3 atom stereocenters. The van der Waals surface area contributed by atoms with Gasteiger partial charge in [-0.3, -0.25) is 9.59 Å². The lowest BCUT2D eigenvalue weighted by Gasteiger charge is -2.37. The quantitative estimate of drug-likeness (QED) is 0.855. The number of rotatable bonds is 3. The molecule has 2 amide bonds. The number of piperidine rings is 1. The molecule has 122 valence electrons. The second-order valence-electron chi connectivity index (χ2n) is 6.13. The highest BCUT2D eigenvalue weighted by atomic mass is 35.5. The van der Waals surface area contributed by atoms with Gasteiger partial charge in [-0.25, -0.2) is 0 Å². The molecule has 2 fully saturated rings. The molecule has 2 saturated heterocycles. The number of nitrogens with two attached hydrogens (primary N) is 1.